The number of nitrogens with one attached hydrogen (secondary N) is 1. The molecule has 0 radical (unpaired) electrons. The highest BCUT2D eigenvalue weighted by Crippen LogP contribution is 1.91. The Balaban J connectivity index is 3.03. The Morgan fingerprint density at radius 3 is 2.31 bits per heavy atom. The summed E-state index contributed by atoms with van der Waals surface area (Å²) in [4.78, 5) is 2.39. The molecule has 0 aliphatic rings. The molecular weight excluding hydrogens is 200 g/mol. The third kappa shape index (κ3) is 10.4. The lowest BCUT2D eigenvalue weighted by molar-refractivity contribution is 0.104. The molecule has 0 spiro atoms. The molecule has 3 nitrogen and oxygen atoms in total. The maximum atomic E-state index is 5.60. The van der Waals surface area contributed by atoms with Crippen molar-refractivity contribution in [1.82, 2.24) is 10.2 Å². The number of likely N-dealkylation sites (N-methyl/N-ethyl adjacent to an activating group) is 1. The van der Waals surface area contributed by atoms with Crippen LogP contribution in [0, 0.1) is 0 Å². The first-order valence-electron chi connectivity index (χ1n) is 6.85. The molecule has 16 heavy (non-hydrogen) atoms. The molecule has 0 aliphatic heterocycles. The summed E-state index contributed by atoms with van der Waals surface area (Å²) in [6.07, 6.45) is 3.63. The molecule has 0 rings (SSSR count). The Labute approximate surface area is 102 Å². The first-order valence-corrected chi connectivity index (χ1v) is 6.85. The first-order chi connectivity index (χ1) is 7.85. The SMILES string of the molecule is CCCNCCCCOCCN(CC)CC. The molecule has 0 atom stereocenters. The van der Waals surface area contributed by atoms with Gasteiger partial charge >= 0.3 is 0 Å². The van der Waals surface area contributed by atoms with Crippen LogP contribution in [0.4, 0.5) is 0 Å². The zero-order valence-corrected chi connectivity index (χ0v) is 11.4. The van der Waals surface area contributed by atoms with Crippen LogP contribution in [0.25, 0.3) is 0 Å². The van der Waals surface area contributed by atoms with E-state index in [0.717, 1.165) is 45.9 Å². The fourth-order valence-electron chi connectivity index (χ4n) is 1.59. The van der Waals surface area contributed by atoms with Crippen molar-refractivity contribution in [1.29, 1.82) is 0 Å². The molecule has 3 heteroatoms. The van der Waals surface area contributed by atoms with E-state index in [1.165, 1.54) is 19.3 Å². The summed E-state index contributed by atoms with van der Waals surface area (Å²) in [5, 5.41) is 3.40. The minimum absolute atomic E-state index is 0.879. The van der Waals surface area contributed by atoms with Gasteiger partial charge in [-0.2, -0.15) is 0 Å². The lowest BCUT2D eigenvalue weighted by atomic mass is 10.3. The van der Waals surface area contributed by atoms with Crippen LogP contribution in [-0.2, 0) is 4.74 Å². The Kier molecular flexibility index (Phi) is 12.9. The highest BCUT2D eigenvalue weighted by Gasteiger charge is 1.97. The predicted molar refractivity (Wildman–Crippen MR) is 71.0 cm³/mol. The van der Waals surface area contributed by atoms with Gasteiger partial charge in [0.25, 0.3) is 0 Å². The van der Waals surface area contributed by atoms with Crippen molar-refractivity contribution in [2.45, 2.75) is 40.0 Å². The molecular formula is C13H30N2O. The smallest absolute Gasteiger partial charge is 0.0593 e. The van der Waals surface area contributed by atoms with Crippen molar-refractivity contribution in [3.05, 3.63) is 0 Å². The van der Waals surface area contributed by atoms with Crippen LogP contribution >= 0.6 is 0 Å². The molecule has 0 heterocycles. The van der Waals surface area contributed by atoms with Gasteiger partial charge in [-0.3, -0.25) is 0 Å². The maximum absolute atomic E-state index is 5.60. The summed E-state index contributed by atoms with van der Waals surface area (Å²) in [6, 6.07) is 0. The largest absolute Gasteiger partial charge is 0.380 e. The van der Waals surface area contributed by atoms with Crippen molar-refractivity contribution in [2.24, 2.45) is 0 Å². The summed E-state index contributed by atoms with van der Waals surface area (Å²) < 4.78 is 5.60. The predicted octanol–water partition coefficient (Wildman–Crippen LogP) is 2.12. The van der Waals surface area contributed by atoms with Gasteiger partial charge in [-0.05, 0) is 45.4 Å². The van der Waals surface area contributed by atoms with E-state index in [1.807, 2.05) is 0 Å². The number of nitrogens with zero attached hydrogens (tertiary/aromatic N) is 1. The quantitative estimate of drug-likeness (QED) is 0.520. The number of ether oxygens (including phenoxy) is 1. The third-order valence-corrected chi connectivity index (χ3v) is 2.77. The lowest BCUT2D eigenvalue weighted by Gasteiger charge is -2.17. The van der Waals surface area contributed by atoms with E-state index in [4.69, 9.17) is 4.74 Å². The minimum Gasteiger partial charge on any atom is -0.380 e. The highest BCUT2D eigenvalue weighted by atomic mass is 16.5. The fourth-order valence-corrected chi connectivity index (χ4v) is 1.59. The van der Waals surface area contributed by atoms with E-state index >= 15 is 0 Å². The number of hydrogen-bond donors (Lipinski definition) is 1. The van der Waals surface area contributed by atoms with E-state index in [2.05, 4.69) is 31.0 Å². The van der Waals surface area contributed by atoms with Crippen LogP contribution < -0.4 is 5.32 Å². The van der Waals surface area contributed by atoms with Gasteiger partial charge < -0.3 is 15.0 Å². The van der Waals surface area contributed by atoms with Gasteiger partial charge in [0.05, 0.1) is 6.61 Å². The van der Waals surface area contributed by atoms with Gasteiger partial charge in [0.15, 0.2) is 0 Å². The lowest BCUT2D eigenvalue weighted by Crippen LogP contribution is -2.27. The molecule has 98 valence electrons. The molecule has 0 aliphatic carbocycles. The second-order valence-corrected chi connectivity index (χ2v) is 4.10. The third-order valence-electron chi connectivity index (χ3n) is 2.77. The summed E-state index contributed by atoms with van der Waals surface area (Å²) in [5.74, 6) is 0. The van der Waals surface area contributed by atoms with Crippen molar-refractivity contribution >= 4 is 0 Å². The first kappa shape index (κ1) is 15.9. The van der Waals surface area contributed by atoms with E-state index < -0.39 is 0 Å². The van der Waals surface area contributed by atoms with Gasteiger partial charge in [-0.1, -0.05) is 20.8 Å². The van der Waals surface area contributed by atoms with Crippen LogP contribution in [0.2, 0.25) is 0 Å². The van der Waals surface area contributed by atoms with E-state index in [9.17, 15) is 0 Å². The second-order valence-electron chi connectivity index (χ2n) is 4.10. The zero-order chi connectivity index (χ0) is 12.1. The zero-order valence-electron chi connectivity index (χ0n) is 11.4. The topological polar surface area (TPSA) is 24.5 Å². The van der Waals surface area contributed by atoms with Crippen molar-refractivity contribution in [3.8, 4) is 0 Å². The fraction of sp³-hybridized carbons (Fsp3) is 1.00. The normalized spacial score (nSPS) is 11.2. The molecule has 0 aromatic carbocycles. The van der Waals surface area contributed by atoms with Gasteiger partial charge in [0.1, 0.15) is 0 Å². The highest BCUT2D eigenvalue weighted by molar-refractivity contribution is 4.51. The molecule has 0 aromatic heterocycles. The Morgan fingerprint density at radius 2 is 1.69 bits per heavy atom. The monoisotopic (exact) mass is 230 g/mol. The van der Waals surface area contributed by atoms with Crippen molar-refractivity contribution in [3.63, 3.8) is 0 Å². The van der Waals surface area contributed by atoms with Crippen LogP contribution in [0.5, 0.6) is 0 Å². The standard InChI is InChI=1S/C13H30N2O/c1-4-9-14-10-7-8-12-16-13-11-15(5-2)6-3/h14H,4-13H2,1-3H3. The van der Waals surface area contributed by atoms with Gasteiger partial charge in [0.2, 0.25) is 0 Å². The van der Waals surface area contributed by atoms with Crippen LogP contribution in [0.1, 0.15) is 40.0 Å². The summed E-state index contributed by atoms with van der Waals surface area (Å²) >= 11 is 0. The molecule has 0 aromatic rings. The molecule has 0 amide bonds. The summed E-state index contributed by atoms with van der Waals surface area (Å²) in [6.45, 7) is 14.0. The molecule has 1 N–H and O–H groups in total. The summed E-state index contributed by atoms with van der Waals surface area (Å²) in [7, 11) is 0. The van der Waals surface area contributed by atoms with E-state index in [-0.39, 0.29) is 0 Å². The number of unbranched alkanes of at least 4 members (excludes halogenated alkanes) is 1. The van der Waals surface area contributed by atoms with Crippen molar-refractivity contribution < 1.29 is 4.74 Å². The maximum Gasteiger partial charge on any atom is 0.0593 e. The average molecular weight is 230 g/mol. The van der Waals surface area contributed by atoms with E-state index in [0.29, 0.717) is 0 Å². The van der Waals surface area contributed by atoms with Crippen molar-refractivity contribution in [2.75, 3.05) is 45.9 Å². The molecule has 0 bridgehead atoms. The molecule has 0 fully saturated rings. The molecule has 0 saturated heterocycles. The van der Waals surface area contributed by atoms with Crippen LogP contribution in [0.3, 0.4) is 0 Å². The minimum atomic E-state index is 0.879. The second kappa shape index (κ2) is 12.9. The van der Waals surface area contributed by atoms with Crippen LogP contribution in [0.15, 0.2) is 0 Å². The number of rotatable bonds is 12. The van der Waals surface area contributed by atoms with Gasteiger partial charge in [-0.25, -0.2) is 0 Å². The van der Waals surface area contributed by atoms with Crippen LogP contribution in [-0.4, -0.2) is 50.8 Å². The average Bonchev–Trinajstić information content (AvgIpc) is 2.32. The van der Waals surface area contributed by atoms with E-state index in [1.54, 1.807) is 0 Å². The Hall–Kier alpha value is -0.120. The number of hydrogen-bond acceptors (Lipinski definition) is 3. The van der Waals surface area contributed by atoms with Gasteiger partial charge in [-0.15, -0.1) is 0 Å². The summed E-state index contributed by atoms with van der Waals surface area (Å²) in [5.41, 5.74) is 0. The Bertz CT molecular complexity index is 127. The Morgan fingerprint density at radius 1 is 0.938 bits per heavy atom. The van der Waals surface area contributed by atoms with Gasteiger partial charge in [0, 0.05) is 13.2 Å². The molecule has 0 unspecified atom stereocenters. The molecule has 0 saturated carbocycles.